The molecule has 4 aromatic rings. The molecule has 2 aliphatic heterocycles. The van der Waals surface area contributed by atoms with Gasteiger partial charge in [0.1, 0.15) is 0 Å². The standard InChI is InChI=1S/C30H30N6O2/c1-30(2)24-12-26(36-8-6-35(7-9-36)20-16-38-17-20)22(19-14-32-34(3)15-19)11-23(24)28(37)27-21-5-4-18(13-31)10-25(21)33-29(27)30/h4-5,10-12,14-15,20,33H,6-9,16-17H2,1-3H3. The number of carbonyl (C=O) groups is 1. The van der Waals surface area contributed by atoms with E-state index in [-0.39, 0.29) is 5.78 Å². The molecule has 0 bridgehead atoms. The summed E-state index contributed by atoms with van der Waals surface area (Å²) in [6.07, 6.45) is 3.90. The molecule has 0 radical (unpaired) electrons. The van der Waals surface area contributed by atoms with Crippen LogP contribution in [0, 0.1) is 11.3 Å². The first kappa shape index (κ1) is 23.2. The second kappa shape index (κ2) is 8.29. The molecule has 1 aliphatic carbocycles. The van der Waals surface area contributed by atoms with E-state index in [1.807, 2.05) is 36.3 Å². The van der Waals surface area contributed by atoms with E-state index in [2.05, 4.69) is 51.9 Å². The number of H-pyrrole nitrogens is 1. The van der Waals surface area contributed by atoms with Crippen LogP contribution in [0.4, 0.5) is 5.69 Å². The number of aromatic amines is 1. The number of aromatic nitrogens is 3. The molecule has 192 valence electrons. The van der Waals surface area contributed by atoms with Gasteiger partial charge in [-0.25, -0.2) is 0 Å². The Morgan fingerprint density at radius 1 is 1.11 bits per heavy atom. The number of rotatable bonds is 3. The third-order valence-electron chi connectivity index (χ3n) is 8.64. The number of fused-ring (bicyclic) bond motifs is 4. The van der Waals surface area contributed by atoms with Gasteiger partial charge in [0.15, 0.2) is 5.78 Å². The van der Waals surface area contributed by atoms with Gasteiger partial charge in [-0.1, -0.05) is 19.9 Å². The summed E-state index contributed by atoms with van der Waals surface area (Å²) in [6, 6.07) is 12.6. The summed E-state index contributed by atoms with van der Waals surface area (Å²) < 4.78 is 7.23. The first-order valence-corrected chi connectivity index (χ1v) is 13.2. The first-order chi connectivity index (χ1) is 18.3. The summed E-state index contributed by atoms with van der Waals surface area (Å²) in [7, 11) is 1.92. The Bertz CT molecular complexity index is 1640. The molecule has 8 nitrogen and oxygen atoms in total. The van der Waals surface area contributed by atoms with E-state index in [1.54, 1.807) is 6.07 Å². The molecule has 2 fully saturated rings. The largest absolute Gasteiger partial charge is 0.378 e. The number of benzene rings is 2. The Balaban J connectivity index is 1.37. The molecular formula is C30H30N6O2. The lowest BCUT2D eigenvalue weighted by atomic mass is 9.70. The lowest BCUT2D eigenvalue weighted by Crippen LogP contribution is -2.56. The number of aryl methyl sites for hydroxylation is 1. The predicted octanol–water partition coefficient (Wildman–Crippen LogP) is 3.83. The molecule has 4 heterocycles. The van der Waals surface area contributed by atoms with Crippen molar-refractivity contribution < 1.29 is 9.53 Å². The van der Waals surface area contributed by atoms with Gasteiger partial charge >= 0.3 is 0 Å². The molecule has 2 saturated heterocycles. The second-order valence-corrected chi connectivity index (χ2v) is 11.2. The zero-order valence-corrected chi connectivity index (χ0v) is 21.9. The van der Waals surface area contributed by atoms with Gasteiger partial charge in [0.25, 0.3) is 0 Å². The number of hydrogen-bond acceptors (Lipinski definition) is 6. The molecule has 3 aliphatic rings. The van der Waals surface area contributed by atoms with Gasteiger partial charge in [-0.2, -0.15) is 10.4 Å². The molecule has 7 rings (SSSR count). The number of nitriles is 1. The van der Waals surface area contributed by atoms with Crippen LogP contribution >= 0.6 is 0 Å². The van der Waals surface area contributed by atoms with E-state index in [1.165, 1.54) is 0 Å². The first-order valence-electron chi connectivity index (χ1n) is 13.2. The highest BCUT2D eigenvalue weighted by Gasteiger charge is 2.41. The van der Waals surface area contributed by atoms with Gasteiger partial charge in [-0.3, -0.25) is 14.4 Å². The molecule has 2 aromatic heterocycles. The monoisotopic (exact) mass is 506 g/mol. The number of nitrogens with one attached hydrogen (secondary N) is 1. The van der Waals surface area contributed by atoms with Gasteiger partial charge in [-0.15, -0.1) is 0 Å². The van der Waals surface area contributed by atoms with Crippen LogP contribution in [-0.4, -0.2) is 70.9 Å². The van der Waals surface area contributed by atoms with Crippen LogP contribution in [0.25, 0.3) is 22.0 Å². The fourth-order valence-corrected chi connectivity index (χ4v) is 6.35. The molecule has 0 spiro atoms. The third-order valence-corrected chi connectivity index (χ3v) is 8.64. The second-order valence-electron chi connectivity index (χ2n) is 11.2. The van der Waals surface area contributed by atoms with Crippen LogP contribution in [0.15, 0.2) is 42.7 Å². The number of piperazine rings is 1. The summed E-state index contributed by atoms with van der Waals surface area (Å²) in [6.45, 7) is 9.86. The van der Waals surface area contributed by atoms with Crippen molar-refractivity contribution in [3.63, 3.8) is 0 Å². The van der Waals surface area contributed by atoms with Crippen molar-refractivity contribution in [2.75, 3.05) is 44.3 Å². The highest BCUT2D eigenvalue weighted by atomic mass is 16.5. The van der Waals surface area contributed by atoms with Gasteiger partial charge in [-0.05, 0) is 29.8 Å². The molecule has 2 aromatic carbocycles. The van der Waals surface area contributed by atoms with Crippen molar-refractivity contribution in [3.8, 4) is 17.2 Å². The van der Waals surface area contributed by atoms with Crippen LogP contribution in [0.1, 0.15) is 46.6 Å². The predicted molar refractivity (Wildman–Crippen MR) is 146 cm³/mol. The maximum atomic E-state index is 14.1. The minimum atomic E-state index is -0.419. The SMILES string of the molecule is Cn1cc(-c2cc3c(cc2N2CCN(C4COC4)CC2)C(C)(C)c2[nH]c4cc(C#N)ccc4c2C3=O)cn1. The summed E-state index contributed by atoms with van der Waals surface area (Å²) >= 11 is 0. The molecule has 0 atom stereocenters. The van der Waals surface area contributed by atoms with E-state index in [0.717, 1.165) is 83.9 Å². The zero-order valence-electron chi connectivity index (χ0n) is 21.9. The third kappa shape index (κ3) is 3.35. The van der Waals surface area contributed by atoms with E-state index < -0.39 is 5.41 Å². The van der Waals surface area contributed by atoms with Gasteiger partial charge in [0.05, 0.1) is 42.6 Å². The van der Waals surface area contributed by atoms with Crippen LogP contribution in [0.3, 0.4) is 0 Å². The zero-order chi connectivity index (χ0) is 26.2. The quantitative estimate of drug-likeness (QED) is 0.454. The number of nitrogens with zero attached hydrogens (tertiary/aromatic N) is 5. The van der Waals surface area contributed by atoms with Gasteiger partial charge < -0.3 is 14.6 Å². The van der Waals surface area contributed by atoms with Crippen LogP contribution in [-0.2, 0) is 17.2 Å². The average molecular weight is 507 g/mol. The normalized spacial score (nSPS) is 19.2. The van der Waals surface area contributed by atoms with Gasteiger partial charge in [0, 0.05) is 83.8 Å². The minimum Gasteiger partial charge on any atom is -0.378 e. The minimum absolute atomic E-state index is 0.0248. The lowest BCUT2D eigenvalue weighted by molar-refractivity contribution is -0.0660. The number of carbonyl (C=O) groups excluding carboxylic acids is 1. The molecule has 8 heteroatoms. The van der Waals surface area contributed by atoms with Crippen LogP contribution in [0.5, 0.6) is 0 Å². The summed E-state index contributed by atoms with van der Waals surface area (Å²) in [5.74, 6) is 0.0248. The Kier molecular flexibility index (Phi) is 5.06. The highest BCUT2D eigenvalue weighted by molar-refractivity contribution is 6.20. The van der Waals surface area contributed by atoms with Crippen molar-refractivity contribution in [2.45, 2.75) is 25.3 Å². The van der Waals surface area contributed by atoms with Crippen LogP contribution < -0.4 is 4.90 Å². The summed E-state index contributed by atoms with van der Waals surface area (Å²) in [5.41, 5.74) is 7.56. The Morgan fingerprint density at radius 3 is 2.55 bits per heavy atom. The number of ether oxygens (including phenoxy) is 1. The van der Waals surface area contributed by atoms with Crippen LogP contribution in [0.2, 0.25) is 0 Å². The smallest absolute Gasteiger partial charge is 0.195 e. The molecular weight excluding hydrogens is 476 g/mol. The van der Waals surface area contributed by atoms with Crippen molar-refractivity contribution in [1.29, 1.82) is 5.26 Å². The van der Waals surface area contributed by atoms with Gasteiger partial charge in [0.2, 0.25) is 0 Å². The average Bonchev–Trinajstić information content (AvgIpc) is 3.50. The van der Waals surface area contributed by atoms with E-state index in [0.29, 0.717) is 17.2 Å². The fraction of sp³-hybridized carbons (Fsp3) is 0.367. The Hall–Kier alpha value is -3.93. The van der Waals surface area contributed by atoms with E-state index >= 15 is 0 Å². The van der Waals surface area contributed by atoms with Crippen molar-refractivity contribution in [3.05, 3.63) is 70.7 Å². The van der Waals surface area contributed by atoms with Crippen molar-refractivity contribution >= 4 is 22.4 Å². The molecule has 38 heavy (non-hydrogen) atoms. The lowest BCUT2D eigenvalue weighted by Gasteiger charge is -2.44. The molecule has 0 saturated carbocycles. The highest BCUT2D eigenvalue weighted by Crippen LogP contribution is 2.47. The Labute approximate surface area is 221 Å². The van der Waals surface area contributed by atoms with Crippen molar-refractivity contribution in [2.24, 2.45) is 7.05 Å². The van der Waals surface area contributed by atoms with E-state index in [4.69, 9.17) is 4.74 Å². The molecule has 0 unspecified atom stereocenters. The number of hydrogen-bond donors (Lipinski definition) is 1. The fourth-order valence-electron chi connectivity index (χ4n) is 6.35. The molecule has 1 N–H and O–H groups in total. The topological polar surface area (TPSA) is 90.2 Å². The maximum absolute atomic E-state index is 14.1. The Morgan fingerprint density at radius 2 is 1.89 bits per heavy atom. The number of ketones is 1. The maximum Gasteiger partial charge on any atom is 0.195 e. The number of anilines is 1. The summed E-state index contributed by atoms with van der Waals surface area (Å²) in [4.78, 5) is 22.6. The summed E-state index contributed by atoms with van der Waals surface area (Å²) in [5, 5.41) is 14.7. The van der Waals surface area contributed by atoms with E-state index in [9.17, 15) is 10.1 Å². The molecule has 0 amide bonds. The van der Waals surface area contributed by atoms with Crippen molar-refractivity contribution in [1.82, 2.24) is 19.7 Å².